The number of hydrogen-bond acceptors (Lipinski definition) is 1. The van der Waals surface area contributed by atoms with Crippen LogP contribution >= 0.6 is 0 Å². The maximum atomic E-state index is 6.44. The lowest BCUT2D eigenvalue weighted by molar-refractivity contribution is 0.670. The number of fused-ring (bicyclic) bond motifs is 4. The summed E-state index contributed by atoms with van der Waals surface area (Å²) in [6, 6.07) is 97.2. The van der Waals surface area contributed by atoms with Crippen LogP contribution in [0.15, 0.2) is 271 Å². The summed E-state index contributed by atoms with van der Waals surface area (Å²) in [7, 11) is 0. The fourth-order valence-corrected chi connectivity index (χ4v) is 10.2. The van der Waals surface area contributed by atoms with Gasteiger partial charge < -0.3 is 4.42 Å². The van der Waals surface area contributed by atoms with Gasteiger partial charge in [-0.3, -0.25) is 0 Å². The zero-order chi connectivity index (χ0) is 44.5. The van der Waals surface area contributed by atoms with Crippen LogP contribution in [-0.2, 0) is 0 Å². The molecule has 1 atom stereocenters. The summed E-state index contributed by atoms with van der Waals surface area (Å²) in [6.07, 6.45) is 0. The van der Waals surface area contributed by atoms with E-state index in [0.29, 0.717) is 0 Å². The van der Waals surface area contributed by atoms with E-state index in [0.717, 1.165) is 33.1 Å². The van der Waals surface area contributed by atoms with Crippen molar-refractivity contribution < 1.29 is 4.42 Å². The smallest absolute Gasteiger partial charge is 0.143 e. The predicted molar refractivity (Wildman–Crippen MR) is 281 cm³/mol. The van der Waals surface area contributed by atoms with E-state index in [2.05, 4.69) is 255 Å². The van der Waals surface area contributed by atoms with E-state index >= 15 is 0 Å². The maximum Gasteiger partial charge on any atom is 0.143 e. The van der Waals surface area contributed by atoms with Crippen LogP contribution in [0.3, 0.4) is 0 Å². The molecule has 1 heterocycles. The molecule has 0 saturated carbocycles. The van der Waals surface area contributed by atoms with Crippen LogP contribution in [0.2, 0.25) is 0 Å². The largest absolute Gasteiger partial charge is 0.455 e. The molecule has 67 heavy (non-hydrogen) atoms. The number of rotatable bonds is 10. The third-order valence-corrected chi connectivity index (χ3v) is 13.6. The highest BCUT2D eigenvalue weighted by atomic mass is 16.3. The summed E-state index contributed by atoms with van der Waals surface area (Å²) in [4.78, 5) is 0. The summed E-state index contributed by atoms with van der Waals surface area (Å²) < 4.78 is 6.44. The topological polar surface area (TPSA) is 13.1 Å². The van der Waals surface area contributed by atoms with E-state index < -0.39 is 0 Å². The average molecular weight is 855 g/mol. The van der Waals surface area contributed by atoms with Crippen molar-refractivity contribution in [3.63, 3.8) is 0 Å². The van der Waals surface area contributed by atoms with E-state index in [4.69, 9.17) is 4.42 Å². The van der Waals surface area contributed by atoms with Crippen LogP contribution in [0.4, 0.5) is 0 Å². The maximum absolute atomic E-state index is 6.44. The molecule has 11 aromatic carbocycles. The molecule has 1 aromatic heterocycles. The van der Waals surface area contributed by atoms with Gasteiger partial charge in [0, 0.05) is 28.2 Å². The number of para-hydroxylation sites is 2. The Hall–Kier alpha value is -8.52. The van der Waals surface area contributed by atoms with E-state index in [-0.39, 0.29) is 11.8 Å². The first-order valence-corrected chi connectivity index (χ1v) is 23.2. The van der Waals surface area contributed by atoms with Crippen LogP contribution in [0, 0.1) is 0 Å². The lowest BCUT2D eigenvalue weighted by Crippen LogP contribution is -2.04. The van der Waals surface area contributed by atoms with Crippen molar-refractivity contribution in [2.24, 2.45) is 0 Å². The molecule has 0 saturated heterocycles. The van der Waals surface area contributed by atoms with Gasteiger partial charge in [0.1, 0.15) is 11.2 Å². The van der Waals surface area contributed by atoms with Crippen LogP contribution in [-0.4, -0.2) is 0 Å². The molecule has 0 aliphatic heterocycles. The van der Waals surface area contributed by atoms with Gasteiger partial charge in [0.2, 0.25) is 0 Å². The number of benzene rings is 11. The highest BCUT2D eigenvalue weighted by molar-refractivity contribution is 6.09. The lowest BCUT2D eigenvalue weighted by Gasteiger charge is -2.22. The first-order chi connectivity index (χ1) is 33.2. The molecule has 0 amide bonds. The van der Waals surface area contributed by atoms with Gasteiger partial charge in [-0.1, -0.05) is 261 Å². The van der Waals surface area contributed by atoms with Gasteiger partial charge in [0.05, 0.1) is 0 Å². The Morgan fingerprint density at radius 1 is 0.239 bits per heavy atom. The van der Waals surface area contributed by atoms with Gasteiger partial charge in [0.25, 0.3) is 0 Å². The van der Waals surface area contributed by atoms with Crippen molar-refractivity contribution in [1.82, 2.24) is 0 Å². The quantitative estimate of drug-likeness (QED) is 0.125. The summed E-state index contributed by atoms with van der Waals surface area (Å²) in [5, 5.41) is 4.80. The third kappa shape index (κ3) is 7.71. The van der Waals surface area contributed by atoms with E-state index in [1.165, 1.54) is 77.5 Å². The van der Waals surface area contributed by atoms with Gasteiger partial charge in [-0.05, 0) is 89.2 Å². The van der Waals surface area contributed by atoms with E-state index in [9.17, 15) is 0 Å². The fourth-order valence-electron chi connectivity index (χ4n) is 10.2. The number of furan rings is 1. The molecule has 12 aromatic rings. The Bertz CT molecular complexity index is 3540. The first kappa shape index (κ1) is 40.0. The summed E-state index contributed by atoms with van der Waals surface area (Å²) in [5.41, 5.74) is 18.9. The molecule has 0 aliphatic rings. The second kappa shape index (κ2) is 17.5. The van der Waals surface area contributed by atoms with Crippen molar-refractivity contribution in [3.8, 4) is 44.5 Å². The van der Waals surface area contributed by atoms with Gasteiger partial charge in [-0.2, -0.15) is 0 Å². The standard InChI is InChI=1S/C66H46O/c1-3-13-45(14-4-1)47-25-35-53(36-26-47)64(54-37-27-48(28-38-54)46-15-5-2-6-16-46)55-39-29-49(30-40-55)50-31-41-56(42-32-50)65(61-22-11-18-51-17-7-8-19-58(51)61)57-43-33-52(34-44-57)59-21-12-23-62-60-20-9-10-24-63(60)67-66(59)62/h1-44,64-65H. The molecular weight excluding hydrogens is 809 g/mol. The Labute approximate surface area is 391 Å². The zero-order valence-electron chi connectivity index (χ0n) is 37.0. The van der Waals surface area contributed by atoms with Crippen molar-refractivity contribution in [2.45, 2.75) is 11.8 Å². The second-order valence-corrected chi connectivity index (χ2v) is 17.6. The summed E-state index contributed by atoms with van der Waals surface area (Å²) in [6.45, 7) is 0. The Morgan fingerprint density at radius 2 is 0.612 bits per heavy atom. The first-order valence-electron chi connectivity index (χ1n) is 23.2. The molecular formula is C66H46O. The molecule has 0 N–H and O–H groups in total. The normalized spacial score (nSPS) is 12.0. The highest BCUT2D eigenvalue weighted by Gasteiger charge is 2.22. The molecule has 0 bridgehead atoms. The van der Waals surface area contributed by atoms with E-state index in [1.807, 2.05) is 12.1 Å². The Kier molecular flexibility index (Phi) is 10.4. The molecule has 0 aliphatic carbocycles. The predicted octanol–water partition coefficient (Wildman–Crippen LogP) is 17.8. The van der Waals surface area contributed by atoms with Crippen LogP contribution in [0.5, 0.6) is 0 Å². The van der Waals surface area contributed by atoms with Crippen LogP contribution in [0.25, 0.3) is 77.2 Å². The second-order valence-electron chi connectivity index (χ2n) is 17.6. The Morgan fingerprint density at radius 3 is 1.13 bits per heavy atom. The average Bonchev–Trinajstić information content (AvgIpc) is 3.80. The van der Waals surface area contributed by atoms with Crippen molar-refractivity contribution in [2.75, 3.05) is 0 Å². The van der Waals surface area contributed by atoms with Gasteiger partial charge in [-0.25, -0.2) is 0 Å². The van der Waals surface area contributed by atoms with Crippen molar-refractivity contribution in [3.05, 3.63) is 300 Å². The minimum absolute atomic E-state index is 0.0286. The minimum atomic E-state index is 0.0286. The molecule has 0 spiro atoms. The molecule has 1 unspecified atom stereocenters. The molecule has 0 fully saturated rings. The van der Waals surface area contributed by atoms with Gasteiger partial charge >= 0.3 is 0 Å². The molecule has 1 heteroatoms. The zero-order valence-corrected chi connectivity index (χ0v) is 37.0. The Balaban J connectivity index is 0.878. The van der Waals surface area contributed by atoms with E-state index in [1.54, 1.807) is 0 Å². The highest BCUT2D eigenvalue weighted by Crippen LogP contribution is 2.41. The third-order valence-electron chi connectivity index (χ3n) is 13.6. The monoisotopic (exact) mass is 854 g/mol. The van der Waals surface area contributed by atoms with Gasteiger partial charge in [0.15, 0.2) is 0 Å². The SMILES string of the molecule is c1ccc(-c2ccc(C(c3ccc(-c4ccccc4)cc3)c3ccc(-c4ccc(C(c5ccc(-c6cccc7c6oc6ccccc67)cc5)c5cccc6ccccc56)cc4)cc3)cc2)cc1. The summed E-state index contributed by atoms with van der Waals surface area (Å²) in [5.74, 6) is 0.103. The van der Waals surface area contributed by atoms with Crippen molar-refractivity contribution >= 4 is 32.7 Å². The molecule has 12 rings (SSSR count). The van der Waals surface area contributed by atoms with Crippen LogP contribution in [0.1, 0.15) is 45.2 Å². The van der Waals surface area contributed by atoms with Crippen molar-refractivity contribution in [1.29, 1.82) is 0 Å². The number of hydrogen-bond donors (Lipinski definition) is 0. The molecule has 316 valence electrons. The fraction of sp³-hybridized carbons (Fsp3) is 0.0303. The minimum Gasteiger partial charge on any atom is -0.455 e. The molecule has 0 radical (unpaired) electrons. The summed E-state index contributed by atoms with van der Waals surface area (Å²) >= 11 is 0. The van der Waals surface area contributed by atoms with Gasteiger partial charge in [-0.15, -0.1) is 0 Å². The van der Waals surface area contributed by atoms with Crippen LogP contribution < -0.4 is 0 Å². The lowest BCUT2D eigenvalue weighted by atomic mass is 9.81. The molecule has 1 nitrogen and oxygen atoms in total.